The number of nitrogens with zero attached hydrogens (tertiary/aromatic N) is 1. The number of amides is 1. The first-order chi connectivity index (χ1) is 14.7. The molecule has 0 aliphatic rings. The van der Waals surface area contributed by atoms with Crippen LogP contribution in [0.1, 0.15) is 28.9 Å². The smallest absolute Gasteiger partial charge is 0.253 e. The Hall–Kier alpha value is -3.92. The van der Waals surface area contributed by atoms with Gasteiger partial charge in [-0.25, -0.2) is 0 Å². The number of carbonyl (C=O) groups is 1. The Kier molecular flexibility index (Phi) is 5.85. The second-order valence-electron chi connectivity index (χ2n) is 7.01. The second-order valence-corrected chi connectivity index (χ2v) is 7.01. The molecule has 0 fully saturated rings. The molecule has 0 saturated carbocycles. The molecular formula is C26H22N2O2. The molecular weight excluding hydrogens is 372 g/mol. The van der Waals surface area contributed by atoms with E-state index in [2.05, 4.69) is 10.3 Å². The van der Waals surface area contributed by atoms with Gasteiger partial charge in [-0.05, 0) is 48.4 Å². The van der Waals surface area contributed by atoms with Gasteiger partial charge in [-0.3, -0.25) is 9.78 Å². The van der Waals surface area contributed by atoms with Crippen LogP contribution in [-0.2, 0) is 0 Å². The monoisotopic (exact) mass is 394 g/mol. The molecule has 1 amide bonds. The number of benzene rings is 3. The molecule has 0 unspecified atom stereocenters. The number of rotatable bonds is 6. The molecule has 1 aromatic heterocycles. The summed E-state index contributed by atoms with van der Waals surface area (Å²) in [6, 6.07) is 29.0. The van der Waals surface area contributed by atoms with Crippen molar-refractivity contribution in [1.29, 1.82) is 0 Å². The lowest BCUT2D eigenvalue weighted by molar-refractivity contribution is 0.0939. The molecule has 0 radical (unpaired) electrons. The van der Waals surface area contributed by atoms with Gasteiger partial charge in [0.1, 0.15) is 11.5 Å². The van der Waals surface area contributed by atoms with Crippen molar-refractivity contribution in [3.8, 4) is 22.6 Å². The van der Waals surface area contributed by atoms with E-state index in [1.54, 1.807) is 12.4 Å². The summed E-state index contributed by atoms with van der Waals surface area (Å²) >= 11 is 0. The van der Waals surface area contributed by atoms with E-state index in [0.29, 0.717) is 5.56 Å². The van der Waals surface area contributed by atoms with Crippen LogP contribution in [-0.4, -0.2) is 10.9 Å². The van der Waals surface area contributed by atoms with E-state index >= 15 is 0 Å². The molecule has 4 heteroatoms. The maximum atomic E-state index is 12.7. The van der Waals surface area contributed by atoms with Gasteiger partial charge < -0.3 is 10.1 Å². The quantitative estimate of drug-likeness (QED) is 0.434. The van der Waals surface area contributed by atoms with E-state index in [4.69, 9.17) is 4.74 Å². The van der Waals surface area contributed by atoms with Crippen LogP contribution < -0.4 is 10.1 Å². The Balaban J connectivity index is 1.47. The fourth-order valence-corrected chi connectivity index (χ4v) is 3.17. The standard InChI is InChI=1S/C26H22N2O2/c1-19(20-8-4-2-5-9-20)28-26(29)23-16-22(17-27-18-23)21-12-14-25(15-13-21)30-24-10-6-3-7-11-24/h2-19H,1H3,(H,28,29)/t19-/m1/s1. The molecule has 1 N–H and O–H groups in total. The van der Waals surface area contributed by atoms with Crippen molar-refractivity contribution in [2.75, 3.05) is 0 Å². The summed E-state index contributed by atoms with van der Waals surface area (Å²) in [5.41, 5.74) is 3.43. The van der Waals surface area contributed by atoms with Gasteiger partial charge in [-0.2, -0.15) is 0 Å². The predicted octanol–water partition coefficient (Wildman–Crippen LogP) is 6.03. The highest BCUT2D eigenvalue weighted by Gasteiger charge is 2.12. The lowest BCUT2D eigenvalue weighted by Gasteiger charge is -2.14. The second kappa shape index (κ2) is 9.05. The highest BCUT2D eigenvalue weighted by Crippen LogP contribution is 2.26. The van der Waals surface area contributed by atoms with Gasteiger partial charge in [0, 0.05) is 18.0 Å². The van der Waals surface area contributed by atoms with Crippen molar-refractivity contribution < 1.29 is 9.53 Å². The Morgan fingerprint density at radius 2 is 1.43 bits per heavy atom. The van der Waals surface area contributed by atoms with Crippen LogP contribution in [0.25, 0.3) is 11.1 Å². The zero-order valence-electron chi connectivity index (χ0n) is 16.7. The minimum absolute atomic E-state index is 0.0863. The lowest BCUT2D eigenvalue weighted by atomic mass is 10.0. The third kappa shape index (κ3) is 4.73. The number of ether oxygens (including phenoxy) is 1. The normalized spacial score (nSPS) is 11.5. The van der Waals surface area contributed by atoms with Gasteiger partial charge in [-0.1, -0.05) is 60.7 Å². The minimum atomic E-state index is -0.148. The zero-order valence-corrected chi connectivity index (χ0v) is 16.7. The van der Waals surface area contributed by atoms with Crippen LogP contribution in [0.2, 0.25) is 0 Å². The van der Waals surface area contributed by atoms with Gasteiger partial charge in [0.2, 0.25) is 0 Å². The fourth-order valence-electron chi connectivity index (χ4n) is 3.17. The predicted molar refractivity (Wildman–Crippen MR) is 119 cm³/mol. The summed E-state index contributed by atoms with van der Waals surface area (Å²) in [6.07, 6.45) is 3.34. The molecule has 4 nitrogen and oxygen atoms in total. The van der Waals surface area contributed by atoms with Crippen molar-refractivity contribution in [2.24, 2.45) is 0 Å². The van der Waals surface area contributed by atoms with Gasteiger partial charge in [0.05, 0.1) is 11.6 Å². The topological polar surface area (TPSA) is 51.2 Å². The first-order valence-electron chi connectivity index (χ1n) is 9.83. The number of nitrogens with one attached hydrogen (secondary N) is 1. The van der Waals surface area contributed by atoms with E-state index in [0.717, 1.165) is 28.2 Å². The number of aromatic nitrogens is 1. The summed E-state index contributed by atoms with van der Waals surface area (Å²) in [7, 11) is 0. The van der Waals surface area contributed by atoms with E-state index in [-0.39, 0.29) is 11.9 Å². The van der Waals surface area contributed by atoms with Crippen LogP contribution in [0.3, 0.4) is 0 Å². The summed E-state index contributed by atoms with van der Waals surface area (Å²) in [5, 5.41) is 3.03. The molecule has 0 aliphatic carbocycles. The summed E-state index contributed by atoms with van der Waals surface area (Å²) < 4.78 is 5.84. The summed E-state index contributed by atoms with van der Waals surface area (Å²) in [6.45, 7) is 1.97. The molecule has 4 rings (SSSR count). The first kappa shape index (κ1) is 19.4. The van der Waals surface area contributed by atoms with Crippen LogP contribution in [0.15, 0.2) is 103 Å². The third-order valence-corrected chi connectivity index (χ3v) is 4.81. The van der Waals surface area contributed by atoms with E-state index in [1.165, 1.54) is 0 Å². The van der Waals surface area contributed by atoms with Crippen LogP contribution in [0.4, 0.5) is 0 Å². The maximum absolute atomic E-state index is 12.7. The van der Waals surface area contributed by atoms with Gasteiger partial charge in [0.15, 0.2) is 0 Å². The number of para-hydroxylation sites is 1. The molecule has 4 aromatic rings. The van der Waals surface area contributed by atoms with Crippen molar-refractivity contribution in [1.82, 2.24) is 10.3 Å². The van der Waals surface area contributed by atoms with E-state index < -0.39 is 0 Å². The Morgan fingerprint density at radius 1 is 0.800 bits per heavy atom. The Morgan fingerprint density at radius 3 is 2.13 bits per heavy atom. The Labute approximate surface area is 176 Å². The molecule has 1 heterocycles. The number of pyridine rings is 1. The molecule has 148 valence electrons. The van der Waals surface area contributed by atoms with Crippen molar-refractivity contribution >= 4 is 5.91 Å². The number of carbonyl (C=O) groups excluding carboxylic acids is 1. The maximum Gasteiger partial charge on any atom is 0.253 e. The van der Waals surface area contributed by atoms with E-state index in [1.807, 2.05) is 97.9 Å². The molecule has 1 atom stereocenters. The van der Waals surface area contributed by atoms with Gasteiger partial charge in [-0.15, -0.1) is 0 Å². The third-order valence-electron chi connectivity index (χ3n) is 4.81. The number of hydrogen-bond donors (Lipinski definition) is 1. The fraction of sp³-hybridized carbons (Fsp3) is 0.0769. The SMILES string of the molecule is C[C@@H](NC(=O)c1cncc(-c2ccc(Oc3ccccc3)cc2)c1)c1ccccc1. The largest absolute Gasteiger partial charge is 0.457 e. The van der Waals surface area contributed by atoms with Gasteiger partial charge >= 0.3 is 0 Å². The summed E-state index contributed by atoms with van der Waals surface area (Å²) in [4.78, 5) is 17.0. The van der Waals surface area contributed by atoms with E-state index in [9.17, 15) is 4.79 Å². The average Bonchev–Trinajstić information content (AvgIpc) is 2.81. The molecule has 3 aromatic carbocycles. The lowest BCUT2D eigenvalue weighted by Crippen LogP contribution is -2.26. The van der Waals surface area contributed by atoms with Crippen molar-refractivity contribution in [2.45, 2.75) is 13.0 Å². The van der Waals surface area contributed by atoms with Gasteiger partial charge in [0.25, 0.3) is 5.91 Å². The van der Waals surface area contributed by atoms with Crippen LogP contribution in [0, 0.1) is 0 Å². The first-order valence-corrected chi connectivity index (χ1v) is 9.83. The van der Waals surface area contributed by atoms with Crippen molar-refractivity contribution in [3.05, 3.63) is 115 Å². The zero-order chi connectivity index (χ0) is 20.8. The molecule has 0 aliphatic heterocycles. The Bertz CT molecular complexity index is 1110. The molecule has 0 saturated heterocycles. The van der Waals surface area contributed by atoms with Crippen LogP contribution >= 0.6 is 0 Å². The average molecular weight is 394 g/mol. The number of hydrogen-bond acceptors (Lipinski definition) is 3. The highest BCUT2D eigenvalue weighted by molar-refractivity contribution is 5.95. The molecule has 0 spiro atoms. The van der Waals surface area contributed by atoms with Crippen LogP contribution in [0.5, 0.6) is 11.5 Å². The molecule has 30 heavy (non-hydrogen) atoms. The summed E-state index contributed by atoms with van der Waals surface area (Å²) in [5.74, 6) is 1.39. The highest BCUT2D eigenvalue weighted by atomic mass is 16.5. The van der Waals surface area contributed by atoms with Crippen molar-refractivity contribution in [3.63, 3.8) is 0 Å². The molecule has 0 bridgehead atoms. The minimum Gasteiger partial charge on any atom is -0.457 e.